The summed E-state index contributed by atoms with van der Waals surface area (Å²) in [6.45, 7) is -0.113. The van der Waals surface area contributed by atoms with Gasteiger partial charge in [-0.05, 0) is 29.0 Å². The van der Waals surface area contributed by atoms with E-state index in [0.717, 1.165) is 12.0 Å². The van der Waals surface area contributed by atoms with Crippen LogP contribution in [0.3, 0.4) is 0 Å². The van der Waals surface area contributed by atoms with E-state index in [0.29, 0.717) is 11.8 Å². The van der Waals surface area contributed by atoms with Gasteiger partial charge in [-0.2, -0.15) is 0 Å². The first-order valence-electron chi connectivity index (χ1n) is 8.08. The highest BCUT2D eigenvalue weighted by molar-refractivity contribution is 5.76. The van der Waals surface area contributed by atoms with Crippen LogP contribution < -0.4 is 10.6 Å². The van der Waals surface area contributed by atoms with E-state index < -0.39 is 0 Å². The number of hydrogen-bond acceptors (Lipinski definition) is 2. The number of aliphatic hydroxyl groups excluding tert-OH is 1. The smallest absolute Gasteiger partial charge is 0.315 e. The molecular weight excluding hydrogens is 288 g/mol. The zero-order chi connectivity index (χ0) is 15.8. The van der Waals surface area contributed by atoms with Crippen LogP contribution in [0.2, 0.25) is 0 Å². The molecule has 4 heteroatoms. The van der Waals surface area contributed by atoms with Crippen LogP contribution in [0.15, 0.2) is 54.6 Å². The maximum Gasteiger partial charge on any atom is 0.315 e. The summed E-state index contributed by atoms with van der Waals surface area (Å²) in [4.78, 5) is 12.2. The second-order valence-electron chi connectivity index (χ2n) is 6.38. The Morgan fingerprint density at radius 1 is 1.13 bits per heavy atom. The van der Waals surface area contributed by atoms with Crippen LogP contribution >= 0.6 is 0 Å². The number of carbonyl (C=O) groups is 1. The molecule has 0 aliphatic heterocycles. The molecule has 0 bridgehead atoms. The van der Waals surface area contributed by atoms with E-state index in [2.05, 4.69) is 34.9 Å². The largest absolute Gasteiger partial charge is 0.394 e. The molecule has 23 heavy (non-hydrogen) atoms. The Balaban J connectivity index is 1.37. The van der Waals surface area contributed by atoms with Crippen molar-refractivity contribution in [2.45, 2.75) is 24.4 Å². The Bertz CT molecular complexity index is 716. The third-order valence-electron chi connectivity index (χ3n) is 5.03. The van der Waals surface area contributed by atoms with Crippen molar-refractivity contribution < 1.29 is 9.90 Å². The van der Waals surface area contributed by atoms with Crippen LogP contribution in [0.1, 0.15) is 28.7 Å². The molecule has 0 radical (unpaired) electrons. The normalized spacial score (nSPS) is 25.2. The van der Waals surface area contributed by atoms with Crippen LogP contribution in [0.4, 0.5) is 4.79 Å². The van der Waals surface area contributed by atoms with Gasteiger partial charge in [0, 0.05) is 12.0 Å². The molecule has 3 N–H and O–H groups in total. The van der Waals surface area contributed by atoms with E-state index in [4.69, 9.17) is 0 Å². The predicted molar refractivity (Wildman–Crippen MR) is 88.1 cm³/mol. The quantitative estimate of drug-likeness (QED) is 0.812. The van der Waals surface area contributed by atoms with Gasteiger partial charge in [-0.15, -0.1) is 0 Å². The summed E-state index contributed by atoms with van der Waals surface area (Å²) in [6, 6.07) is 17.7. The predicted octanol–water partition coefficient (Wildman–Crippen LogP) is 2.36. The number of fused-ring (bicyclic) bond motifs is 3. The maximum atomic E-state index is 12.2. The van der Waals surface area contributed by atoms with E-state index in [-0.39, 0.29) is 24.7 Å². The highest BCUT2D eigenvalue weighted by Gasteiger charge is 2.56. The third-order valence-corrected chi connectivity index (χ3v) is 5.03. The van der Waals surface area contributed by atoms with Crippen molar-refractivity contribution in [2.75, 3.05) is 6.61 Å². The second kappa shape index (κ2) is 5.70. The fourth-order valence-corrected chi connectivity index (χ4v) is 3.82. The fourth-order valence-electron chi connectivity index (χ4n) is 3.82. The number of carbonyl (C=O) groups excluding carboxylic acids is 1. The van der Waals surface area contributed by atoms with Gasteiger partial charge < -0.3 is 15.7 Å². The molecule has 2 aromatic rings. The summed E-state index contributed by atoms with van der Waals surface area (Å²) in [5, 5.41) is 15.5. The minimum absolute atomic E-state index is 0.113. The number of rotatable bonds is 4. The maximum absolute atomic E-state index is 12.2. The molecule has 0 saturated heterocycles. The first kappa shape index (κ1) is 14.3. The van der Waals surface area contributed by atoms with Gasteiger partial charge in [0.1, 0.15) is 0 Å². The van der Waals surface area contributed by atoms with Gasteiger partial charge in [-0.3, -0.25) is 0 Å². The lowest BCUT2D eigenvalue weighted by Crippen LogP contribution is -2.41. The van der Waals surface area contributed by atoms with Crippen molar-refractivity contribution in [1.29, 1.82) is 0 Å². The zero-order valence-corrected chi connectivity index (χ0v) is 12.8. The average Bonchev–Trinajstić information content (AvgIpc) is 3.09. The van der Waals surface area contributed by atoms with E-state index in [1.807, 2.05) is 30.3 Å². The Kier molecular flexibility index (Phi) is 3.54. The monoisotopic (exact) mass is 308 g/mol. The molecule has 0 aromatic heterocycles. The van der Waals surface area contributed by atoms with Crippen molar-refractivity contribution in [3.63, 3.8) is 0 Å². The minimum Gasteiger partial charge on any atom is -0.394 e. The highest BCUT2D eigenvalue weighted by Crippen LogP contribution is 2.56. The first-order valence-corrected chi connectivity index (χ1v) is 8.08. The fraction of sp³-hybridized carbons (Fsp3) is 0.316. The lowest BCUT2D eigenvalue weighted by atomic mass is 10.1. The number of benzene rings is 2. The van der Waals surface area contributed by atoms with Crippen molar-refractivity contribution >= 4 is 6.03 Å². The first-order chi connectivity index (χ1) is 11.3. The van der Waals surface area contributed by atoms with Gasteiger partial charge in [0.05, 0.1) is 12.6 Å². The van der Waals surface area contributed by atoms with Crippen LogP contribution in [-0.2, 0) is 6.42 Å². The number of urea groups is 1. The molecule has 2 aliphatic rings. The summed E-state index contributed by atoms with van der Waals surface area (Å²) >= 11 is 0. The number of amides is 2. The van der Waals surface area contributed by atoms with Crippen molar-refractivity contribution in [3.05, 3.63) is 71.3 Å². The summed E-state index contributed by atoms with van der Waals surface area (Å²) in [5.74, 6) is 0.990. The van der Waals surface area contributed by atoms with E-state index >= 15 is 0 Å². The molecule has 0 unspecified atom stereocenters. The molecule has 4 atom stereocenters. The SMILES string of the molecule is O=C(N[C@@H]1[C@@H]2Cc3ccccc3[C@@H]21)N[C@H](CO)c1ccccc1. The minimum atomic E-state index is -0.373. The Hall–Kier alpha value is -2.33. The number of hydrogen-bond donors (Lipinski definition) is 3. The van der Waals surface area contributed by atoms with Crippen molar-refractivity contribution in [3.8, 4) is 0 Å². The van der Waals surface area contributed by atoms with Gasteiger partial charge in [0.15, 0.2) is 0 Å². The Morgan fingerprint density at radius 2 is 1.87 bits per heavy atom. The van der Waals surface area contributed by atoms with Gasteiger partial charge in [-0.1, -0.05) is 54.6 Å². The third kappa shape index (κ3) is 2.59. The molecule has 118 valence electrons. The van der Waals surface area contributed by atoms with Gasteiger partial charge in [0.25, 0.3) is 0 Å². The zero-order valence-electron chi connectivity index (χ0n) is 12.8. The van der Waals surface area contributed by atoms with E-state index in [1.165, 1.54) is 11.1 Å². The number of aliphatic hydroxyl groups is 1. The molecular formula is C19H20N2O2. The van der Waals surface area contributed by atoms with E-state index in [9.17, 15) is 9.90 Å². The molecule has 1 saturated carbocycles. The van der Waals surface area contributed by atoms with Crippen LogP contribution in [0, 0.1) is 5.92 Å². The van der Waals surface area contributed by atoms with Crippen molar-refractivity contribution in [1.82, 2.24) is 10.6 Å². The van der Waals surface area contributed by atoms with Crippen LogP contribution in [0.25, 0.3) is 0 Å². The topological polar surface area (TPSA) is 61.4 Å². The van der Waals surface area contributed by atoms with Crippen molar-refractivity contribution in [2.24, 2.45) is 5.92 Å². The standard InChI is InChI=1S/C19H20N2O2/c22-11-16(12-6-2-1-3-7-12)20-19(23)21-18-15-10-13-8-4-5-9-14(13)17(15)18/h1-9,15-18,22H,10-11H2,(H2,20,21,23)/t15-,16-,17+,18-/m1/s1. The lowest BCUT2D eigenvalue weighted by molar-refractivity contribution is 0.216. The second-order valence-corrected chi connectivity index (χ2v) is 6.38. The van der Waals surface area contributed by atoms with Crippen LogP contribution in [0.5, 0.6) is 0 Å². The average molecular weight is 308 g/mol. The van der Waals surface area contributed by atoms with Gasteiger partial charge in [-0.25, -0.2) is 4.79 Å². The lowest BCUT2D eigenvalue weighted by Gasteiger charge is -2.18. The molecule has 2 amide bonds. The summed E-state index contributed by atoms with van der Waals surface area (Å²) in [6.07, 6.45) is 1.05. The molecule has 2 aliphatic carbocycles. The van der Waals surface area contributed by atoms with Gasteiger partial charge >= 0.3 is 6.03 Å². The number of nitrogens with one attached hydrogen (secondary N) is 2. The summed E-state index contributed by atoms with van der Waals surface area (Å²) in [7, 11) is 0. The van der Waals surface area contributed by atoms with Gasteiger partial charge in [0.2, 0.25) is 0 Å². The molecule has 1 fully saturated rings. The highest BCUT2D eigenvalue weighted by atomic mass is 16.3. The summed E-state index contributed by atoms with van der Waals surface area (Å²) in [5.41, 5.74) is 3.70. The summed E-state index contributed by atoms with van der Waals surface area (Å²) < 4.78 is 0. The Labute approximate surface area is 135 Å². The Morgan fingerprint density at radius 3 is 2.65 bits per heavy atom. The van der Waals surface area contributed by atoms with E-state index in [1.54, 1.807) is 0 Å². The molecule has 4 rings (SSSR count). The molecule has 0 heterocycles. The van der Waals surface area contributed by atoms with Crippen LogP contribution in [-0.4, -0.2) is 23.8 Å². The molecule has 2 aromatic carbocycles. The molecule has 0 spiro atoms. The molecule has 4 nitrogen and oxygen atoms in total.